The number of methoxy groups -OCH3 is 1. The summed E-state index contributed by atoms with van der Waals surface area (Å²) in [5.74, 6) is -0.210. The lowest BCUT2D eigenvalue weighted by Crippen LogP contribution is -2.27. The maximum atomic E-state index is 11.2. The van der Waals surface area contributed by atoms with Gasteiger partial charge < -0.3 is 14.8 Å². The van der Waals surface area contributed by atoms with Gasteiger partial charge in [0.2, 0.25) is 0 Å². The Morgan fingerprint density at radius 3 is 2.94 bits per heavy atom. The standard InChI is InChI=1S/C14H19NO3/c1-17-14(16)10-11-3-2-4-13(9-11)15-12-5-7-18-8-6-12/h2-4,9,12,15H,5-8,10H2,1H3. The number of benzene rings is 1. The number of hydrogen-bond donors (Lipinski definition) is 1. The molecule has 0 unspecified atom stereocenters. The van der Waals surface area contributed by atoms with Crippen LogP contribution in [0.5, 0.6) is 0 Å². The Morgan fingerprint density at radius 1 is 1.44 bits per heavy atom. The summed E-state index contributed by atoms with van der Waals surface area (Å²) < 4.78 is 10.00. The van der Waals surface area contributed by atoms with Gasteiger partial charge in [-0.1, -0.05) is 12.1 Å². The summed E-state index contributed by atoms with van der Waals surface area (Å²) in [5.41, 5.74) is 2.03. The summed E-state index contributed by atoms with van der Waals surface area (Å²) >= 11 is 0. The zero-order chi connectivity index (χ0) is 12.8. The summed E-state index contributed by atoms with van der Waals surface area (Å²) in [5, 5.41) is 3.48. The van der Waals surface area contributed by atoms with Crippen molar-refractivity contribution in [2.75, 3.05) is 25.6 Å². The van der Waals surface area contributed by atoms with Crippen LogP contribution in [0.25, 0.3) is 0 Å². The van der Waals surface area contributed by atoms with Crippen LogP contribution in [0.3, 0.4) is 0 Å². The van der Waals surface area contributed by atoms with Crippen molar-refractivity contribution in [2.24, 2.45) is 0 Å². The third-order valence-corrected chi connectivity index (χ3v) is 3.10. The molecule has 1 aromatic rings. The van der Waals surface area contributed by atoms with Gasteiger partial charge in [-0.3, -0.25) is 4.79 Å². The fraction of sp³-hybridized carbons (Fsp3) is 0.500. The second kappa shape index (κ2) is 6.40. The molecule has 4 heteroatoms. The monoisotopic (exact) mass is 249 g/mol. The van der Waals surface area contributed by atoms with Gasteiger partial charge in [0.1, 0.15) is 0 Å². The van der Waals surface area contributed by atoms with Gasteiger partial charge in [-0.2, -0.15) is 0 Å². The van der Waals surface area contributed by atoms with Gasteiger partial charge in [-0.05, 0) is 30.5 Å². The molecule has 0 atom stereocenters. The Bertz CT molecular complexity index is 400. The largest absolute Gasteiger partial charge is 0.469 e. The van der Waals surface area contributed by atoms with E-state index in [1.54, 1.807) is 0 Å². The third kappa shape index (κ3) is 3.74. The molecule has 4 nitrogen and oxygen atoms in total. The smallest absolute Gasteiger partial charge is 0.309 e. The number of nitrogens with one attached hydrogen (secondary N) is 1. The van der Waals surface area contributed by atoms with Crippen molar-refractivity contribution in [1.29, 1.82) is 0 Å². The summed E-state index contributed by atoms with van der Waals surface area (Å²) in [6.07, 6.45) is 2.38. The highest BCUT2D eigenvalue weighted by molar-refractivity contribution is 5.72. The zero-order valence-electron chi connectivity index (χ0n) is 10.6. The minimum absolute atomic E-state index is 0.210. The van der Waals surface area contributed by atoms with Gasteiger partial charge in [0, 0.05) is 24.9 Å². The molecule has 98 valence electrons. The van der Waals surface area contributed by atoms with Crippen LogP contribution in [0, 0.1) is 0 Å². The average Bonchev–Trinajstić information content (AvgIpc) is 2.40. The first-order valence-corrected chi connectivity index (χ1v) is 6.28. The number of hydrogen-bond acceptors (Lipinski definition) is 4. The van der Waals surface area contributed by atoms with E-state index in [0.717, 1.165) is 37.3 Å². The van der Waals surface area contributed by atoms with Crippen LogP contribution in [-0.2, 0) is 20.7 Å². The summed E-state index contributed by atoms with van der Waals surface area (Å²) in [6.45, 7) is 1.64. The molecule has 0 amide bonds. The topological polar surface area (TPSA) is 47.6 Å². The van der Waals surface area contributed by atoms with E-state index in [0.29, 0.717) is 12.5 Å². The van der Waals surface area contributed by atoms with Crippen LogP contribution in [-0.4, -0.2) is 32.3 Å². The van der Waals surface area contributed by atoms with Crippen molar-refractivity contribution >= 4 is 11.7 Å². The average molecular weight is 249 g/mol. The molecule has 2 rings (SSSR count). The van der Waals surface area contributed by atoms with Gasteiger partial charge in [-0.25, -0.2) is 0 Å². The molecule has 0 saturated carbocycles. The van der Waals surface area contributed by atoms with Crippen molar-refractivity contribution in [3.05, 3.63) is 29.8 Å². The first kappa shape index (κ1) is 12.9. The molecular weight excluding hydrogens is 230 g/mol. The normalized spacial score (nSPS) is 16.3. The van der Waals surface area contributed by atoms with E-state index >= 15 is 0 Å². The van der Waals surface area contributed by atoms with E-state index in [9.17, 15) is 4.79 Å². The van der Waals surface area contributed by atoms with Gasteiger partial charge in [0.15, 0.2) is 0 Å². The number of rotatable bonds is 4. The summed E-state index contributed by atoms with van der Waals surface area (Å²) in [4.78, 5) is 11.2. The predicted molar refractivity (Wildman–Crippen MR) is 69.6 cm³/mol. The lowest BCUT2D eigenvalue weighted by Gasteiger charge is -2.24. The molecule has 1 fully saturated rings. The second-order valence-corrected chi connectivity index (χ2v) is 4.48. The fourth-order valence-corrected chi connectivity index (χ4v) is 2.09. The Kier molecular flexibility index (Phi) is 4.59. The van der Waals surface area contributed by atoms with E-state index in [4.69, 9.17) is 4.74 Å². The third-order valence-electron chi connectivity index (χ3n) is 3.10. The van der Waals surface area contributed by atoms with Crippen LogP contribution in [0.15, 0.2) is 24.3 Å². The van der Waals surface area contributed by atoms with Crippen molar-refractivity contribution in [3.8, 4) is 0 Å². The summed E-state index contributed by atoms with van der Waals surface area (Å²) in [6, 6.07) is 8.39. The molecule has 1 aromatic carbocycles. The molecule has 0 bridgehead atoms. The molecule has 1 aliphatic heterocycles. The van der Waals surface area contributed by atoms with Gasteiger partial charge in [-0.15, -0.1) is 0 Å². The number of carbonyl (C=O) groups is 1. The van der Waals surface area contributed by atoms with E-state index in [1.165, 1.54) is 7.11 Å². The second-order valence-electron chi connectivity index (χ2n) is 4.48. The first-order chi connectivity index (χ1) is 8.78. The van der Waals surface area contributed by atoms with Gasteiger partial charge in [0.25, 0.3) is 0 Å². The Morgan fingerprint density at radius 2 is 2.22 bits per heavy atom. The highest BCUT2D eigenvalue weighted by Crippen LogP contribution is 2.17. The molecule has 1 saturated heterocycles. The Balaban J connectivity index is 1.95. The molecule has 0 aliphatic carbocycles. The lowest BCUT2D eigenvalue weighted by atomic mass is 10.1. The number of carbonyl (C=O) groups excluding carboxylic acids is 1. The van der Waals surface area contributed by atoms with E-state index < -0.39 is 0 Å². The van der Waals surface area contributed by atoms with Gasteiger partial charge >= 0.3 is 5.97 Å². The fourth-order valence-electron chi connectivity index (χ4n) is 2.09. The van der Waals surface area contributed by atoms with Crippen LogP contribution in [0.1, 0.15) is 18.4 Å². The number of esters is 1. The molecule has 0 spiro atoms. The zero-order valence-corrected chi connectivity index (χ0v) is 10.6. The highest BCUT2D eigenvalue weighted by Gasteiger charge is 2.13. The SMILES string of the molecule is COC(=O)Cc1cccc(NC2CCOCC2)c1. The molecule has 1 aliphatic rings. The van der Waals surface area contributed by atoms with Crippen molar-refractivity contribution in [3.63, 3.8) is 0 Å². The van der Waals surface area contributed by atoms with Crippen molar-refractivity contribution in [1.82, 2.24) is 0 Å². The number of ether oxygens (including phenoxy) is 2. The molecule has 0 aromatic heterocycles. The lowest BCUT2D eigenvalue weighted by molar-refractivity contribution is -0.139. The predicted octanol–water partition coefficient (Wildman–Crippen LogP) is 1.99. The maximum Gasteiger partial charge on any atom is 0.309 e. The quantitative estimate of drug-likeness (QED) is 0.829. The maximum absolute atomic E-state index is 11.2. The molecule has 18 heavy (non-hydrogen) atoms. The van der Waals surface area contributed by atoms with Crippen LogP contribution in [0.4, 0.5) is 5.69 Å². The van der Waals surface area contributed by atoms with E-state index in [1.807, 2.05) is 24.3 Å². The van der Waals surface area contributed by atoms with Crippen LogP contribution >= 0.6 is 0 Å². The minimum Gasteiger partial charge on any atom is -0.469 e. The van der Waals surface area contributed by atoms with Crippen molar-refractivity contribution < 1.29 is 14.3 Å². The molecule has 1 heterocycles. The molecule has 0 radical (unpaired) electrons. The molecule has 1 N–H and O–H groups in total. The Hall–Kier alpha value is -1.55. The summed E-state index contributed by atoms with van der Waals surface area (Å²) in [7, 11) is 1.41. The minimum atomic E-state index is -0.210. The van der Waals surface area contributed by atoms with E-state index in [2.05, 4.69) is 10.1 Å². The highest BCUT2D eigenvalue weighted by atomic mass is 16.5. The van der Waals surface area contributed by atoms with Gasteiger partial charge in [0.05, 0.1) is 13.5 Å². The van der Waals surface area contributed by atoms with Crippen LogP contribution in [0.2, 0.25) is 0 Å². The molecular formula is C14H19NO3. The number of anilines is 1. The van der Waals surface area contributed by atoms with E-state index in [-0.39, 0.29) is 5.97 Å². The Labute approximate surface area is 107 Å². The van der Waals surface area contributed by atoms with Crippen LogP contribution < -0.4 is 5.32 Å². The first-order valence-electron chi connectivity index (χ1n) is 6.28. The van der Waals surface area contributed by atoms with Crippen molar-refractivity contribution in [2.45, 2.75) is 25.3 Å².